The minimum atomic E-state index is -1.04. The Morgan fingerprint density at radius 1 is 1.23 bits per heavy atom. The highest BCUT2D eigenvalue weighted by Crippen LogP contribution is 2.37. The van der Waals surface area contributed by atoms with Crippen molar-refractivity contribution >= 4 is 17.4 Å². The van der Waals surface area contributed by atoms with Crippen molar-refractivity contribution in [1.29, 1.82) is 0 Å². The van der Waals surface area contributed by atoms with E-state index in [2.05, 4.69) is 20.7 Å². The van der Waals surface area contributed by atoms with Gasteiger partial charge in [-0.2, -0.15) is 5.10 Å². The number of piperidine rings is 1. The number of benzene rings is 1. The first-order valence-corrected chi connectivity index (χ1v) is 10.6. The Morgan fingerprint density at radius 2 is 2.06 bits per heavy atom. The average Bonchev–Trinajstić information content (AvgIpc) is 3.37. The molecule has 2 saturated heterocycles. The van der Waals surface area contributed by atoms with Crippen LogP contribution in [0.15, 0.2) is 42.7 Å². The maximum absolute atomic E-state index is 14.4. The monoisotopic (exact) mass is 426 g/mol. The summed E-state index contributed by atoms with van der Waals surface area (Å²) < 4.78 is 29.7. The molecule has 9 heteroatoms. The van der Waals surface area contributed by atoms with E-state index >= 15 is 0 Å². The molecule has 1 aromatic carbocycles. The Bertz CT molecular complexity index is 1100. The lowest BCUT2D eigenvalue weighted by molar-refractivity contribution is 0.0931. The molecule has 2 atom stereocenters. The number of amides is 1. The van der Waals surface area contributed by atoms with Crippen molar-refractivity contribution in [1.82, 2.24) is 25.2 Å². The largest absolute Gasteiger partial charge is 0.349 e. The molecule has 4 heterocycles. The van der Waals surface area contributed by atoms with E-state index in [1.807, 2.05) is 4.90 Å². The third kappa shape index (κ3) is 3.97. The van der Waals surface area contributed by atoms with Gasteiger partial charge < -0.3 is 15.5 Å². The molecule has 2 N–H and O–H groups in total. The van der Waals surface area contributed by atoms with Crippen LogP contribution in [0, 0.1) is 5.82 Å². The Kier molecular flexibility index (Phi) is 5.27. The number of hydrogen-bond donors (Lipinski definition) is 2. The van der Waals surface area contributed by atoms with Crippen LogP contribution in [-0.2, 0) is 0 Å². The summed E-state index contributed by atoms with van der Waals surface area (Å²) in [6.07, 6.45) is 4.20. The van der Waals surface area contributed by atoms with Gasteiger partial charge in [0, 0.05) is 18.7 Å². The highest BCUT2D eigenvalue weighted by molar-refractivity contribution is 5.99. The smallest absolute Gasteiger partial charge is 0.256 e. The summed E-state index contributed by atoms with van der Waals surface area (Å²) in [6, 6.07) is 7.79. The highest BCUT2D eigenvalue weighted by atomic mass is 19.1. The number of fused-ring (bicyclic) bond motifs is 1. The van der Waals surface area contributed by atoms with E-state index in [4.69, 9.17) is 0 Å². The molecular weight excluding hydrogens is 402 g/mol. The molecule has 2 aromatic heterocycles. The maximum Gasteiger partial charge on any atom is 0.256 e. The van der Waals surface area contributed by atoms with Crippen LogP contribution < -0.4 is 15.5 Å². The number of carbonyl (C=O) groups is 1. The molecule has 1 amide bonds. The predicted octanol–water partition coefficient (Wildman–Crippen LogP) is 2.64. The van der Waals surface area contributed by atoms with Crippen LogP contribution in [-0.4, -0.2) is 52.4 Å². The van der Waals surface area contributed by atoms with Gasteiger partial charge in [0.25, 0.3) is 5.91 Å². The van der Waals surface area contributed by atoms with E-state index in [0.29, 0.717) is 22.6 Å². The second-order valence-electron chi connectivity index (χ2n) is 8.17. The molecule has 7 nitrogen and oxygen atoms in total. The summed E-state index contributed by atoms with van der Waals surface area (Å²) >= 11 is 0. The Balaban J connectivity index is 1.44. The Labute approximate surface area is 178 Å². The van der Waals surface area contributed by atoms with Gasteiger partial charge in [-0.1, -0.05) is 12.1 Å². The van der Waals surface area contributed by atoms with Gasteiger partial charge in [-0.05, 0) is 49.7 Å². The van der Waals surface area contributed by atoms with E-state index in [-0.39, 0.29) is 36.8 Å². The zero-order valence-electron chi connectivity index (χ0n) is 17.0. The topological polar surface area (TPSA) is 74.6 Å². The molecule has 2 fully saturated rings. The van der Waals surface area contributed by atoms with Crippen molar-refractivity contribution in [3.8, 4) is 0 Å². The van der Waals surface area contributed by atoms with Gasteiger partial charge in [-0.25, -0.2) is 18.3 Å². The summed E-state index contributed by atoms with van der Waals surface area (Å²) in [6.45, 7) is 1.92. The molecule has 5 rings (SSSR count). The SMILES string of the molecule is O=C(NC1CCNCC1)c1cnn2ccc(N3CC(F)C[C@@H]3c3cccc(F)c3)nc12. The standard InChI is InChI=1S/C22H24F2N6O/c23-15-3-1-2-14(10-15)19-11-16(24)13-29(19)20-6-9-30-21(28-20)18(12-26-30)22(31)27-17-4-7-25-8-5-17/h1-3,6,9-10,12,16-17,19,25H,4-5,7-8,11,13H2,(H,27,31)/t16?,19-/m1/s1. The fourth-order valence-corrected chi connectivity index (χ4v) is 4.48. The van der Waals surface area contributed by atoms with Gasteiger partial charge in [-0.15, -0.1) is 0 Å². The third-order valence-corrected chi connectivity index (χ3v) is 6.05. The van der Waals surface area contributed by atoms with Crippen LogP contribution >= 0.6 is 0 Å². The molecule has 3 aromatic rings. The van der Waals surface area contributed by atoms with Crippen molar-refractivity contribution < 1.29 is 13.6 Å². The third-order valence-electron chi connectivity index (χ3n) is 6.05. The second-order valence-corrected chi connectivity index (χ2v) is 8.17. The molecular formula is C22H24F2N6O. The van der Waals surface area contributed by atoms with E-state index in [0.717, 1.165) is 25.9 Å². The number of anilines is 1. The van der Waals surface area contributed by atoms with E-state index in [1.165, 1.54) is 18.3 Å². The molecule has 0 saturated carbocycles. The summed E-state index contributed by atoms with van der Waals surface area (Å²) in [5, 5.41) is 10.6. The zero-order valence-corrected chi connectivity index (χ0v) is 17.0. The van der Waals surface area contributed by atoms with Crippen LogP contribution in [0.2, 0.25) is 0 Å². The first-order valence-electron chi connectivity index (χ1n) is 10.6. The highest BCUT2D eigenvalue weighted by Gasteiger charge is 2.34. The van der Waals surface area contributed by atoms with Crippen molar-refractivity contribution in [2.75, 3.05) is 24.5 Å². The molecule has 0 radical (unpaired) electrons. The van der Waals surface area contributed by atoms with Gasteiger partial charge >= 0.3 is 0 Å². The minimum absolute atomic E-state index is 0.120. The lowest BCUT2D eigenvalue weighted by atomic mass is 10.0. The summed E-state index contributed by atoms with van der Waals surface area (Å²) in [5.74, 6) is -0.0211. The molecule has 31 heavy (non-hydrogen) atoms. The van der Waals surface area contributed by atoms with Crippen molar-refractivity contribution in [3.63, 3.8) is 0 Å². The molecule has 2 aliphatic heterocycles. The number of halogens is 2. The van der Waals surface area contributed by atoms with Crippen LogP contribution in [0.1, 0.15) is 41.2 Å². The minimum Gasteiger partial charge on any atom is -0.349 e. The number of nitrogens with one attached hydrogen (secondary N) is 2. The predicted molar refractivity (Wildman–Crippen MR) is 112 cm³/mol. The number of hydrogen-bond acceptors (Lipinski definition) is 5. The Morgan fingerprint density at radius 3 is 2.87 bits per heavy atom. The fourth-order valence-electron chi connectivity index (χ4n) is 4.48. The lowest BCUT2D eigenvalue weighted by Gasteiger charge is -2.26. The quantitative estimate of drug-likeness (QED) is 0.671. The second kappa shape index (κ2) is 8.22. The average molecular weight is 426 g/mol. The number of nitrogens with zero attached hydrogens (tertiary/aromatic N) is 4. The summed E-state index contributed by atoms with van der Waals surface area (Å²) in [5.41, 5.74) is 1.52. The van der Waals surface area contributed by atoms with Crippen LogP contribution in [0.3, 0.4) is 0 Å². The van der Waals surface area contributed by atoms with Gasteiger partial charge in [0.1, 0.15) is 23.4 Å². The molecule has 162 valence electrons. The zero-order chi connectivity index (χ0) is 21.4. The molecule has 1 unspecified atom stereocenters. The number of carbonyl (C=O) groups excluding carboxylic acids is 1. The molecule has 0 spiro atoms. The van der Waals surface area contributed by atoms with Crippen molar-refractivity contribution in [2.24, 2.45) is 0 Å². The van der Waals surface area contributed by atoms with E-state index < -0.39 is 6.17 Å². The van der Waals surface area contributed by atoms with Gasteiger partial charge in [0.2, 0.25) is 0 Å². The van der Waals surface area contributed by atoms with Crippen molar-refractivity contribution in [2.45, 2.75) is 37.5 Å². The molecule has 0 aliphatic carbocycles. The Hall–Kier alpha value is -3.07. The summed E-state index contributed by atoms with van der Waals surface area (Å²) in [7, 11) is 0. The first kappa shape index (κ1) is 19.9. The first-order chi connectivity index (χ1) is 15.1. The van der Waals surface area contributed by atoms with E-state index in [1.54, 1.807) is 28.9 Å². The normalized spacial score (nSPS) is 22.2. The number of rotatable bonds is 4. The number of aromatic nitrogens is 3. The molecule has 0 bridgehead atoms. The van der Waals surface area contributed by atoms with Gasteiger partial charge in [0.15, 0.2) is 5.65 Å². The van der Waals surface area contributed by atoms with Crippen LogP contribution in [0.5, 0.6) is 0 Å². The summed E-state index contributed by atoms with van der Waals surface area (Å²) in [4.78, 5) is 19.3. The van der Waals surface area contributed by atoms with Crippen molar-refractivity contribution in [3.05, 3.63) is 59.7 Å². The van der Waals surface area contributed by atoms with E-state index in [9.17, 15) is 13.6 Å². The van der Waals surface area contributed by atoms with Crippen LogP contribution in [0.25, 0.3) is 5.65 Å². The number of alkyl halides is 1. The lowest BCUT2D eigenvalue weighted by Crippen LogP contribution is -2.42. The van der Waals surface area contributed by atoms with Gasteiger partial charge in [0.05, 0.1) is 18.8 Å². The maximum atomic E-state index is 14.4. The fraction of sp³-hybridized carbons (Fsp3) is 0.409. The molecule has 2 aliphatic rings. The van der Waals surface area contributed by atoms with Gasteiger partial charge in [-0.3, -0.25) is 4.79 Å². The van der Waals surface area contributed by atoms with Crippen LogP contribution in [0.4, 0.5) is 14.6 Å².